The summed E-state index contributed by atoms with van der Waals surface area (Å²) in [5.74, 6) is 0.0977. The molecule has 32 heavy (non-hydrogen) atoms. The summed E-state index contributed by atoms with van der Waals surface area (Å²) in [6, 6.07) is 4.64. The molecule has 1 aromatic carbocycles. The second-order valence-corrected chi connectivity index (χ2v) is 8.87. The summed E-state index contributed by atoms with van der Waals surface area (Å²) in [6.07, 6.45) is 16.0. The second-order valence-electron chi connectivity index (χ2n) is 8.87. The summed E-state index contributed by atoms with van der Waals surface area (Å²) in [5.41, 5.74) is 5.50. The minimum Gasteiger partial charge on any atom is -0.493 e. The lowest BCUT2D eigenvalue weighted by Crippen LogP contribution is -2.19. The van der Waals surface area contributed by atoms with Crippen molar-refractivity contribution in [3.8, 4) is 11.5 Å². The topological polar surface area (TPSA) is 52.6 Å². The van der Waals surface area contributed by atoms with Crippen molar-refractivity contribution >= 4 is 12.3 Å². The maximum absolute atomic E-state index is 12.2. The molecule has 1 aliphatic carbocycles. The van der Waals surface area contributed by atoms with E-state index in [0.717, 1.165) is 11.1 Å². The van der Waals surface area contributed by atoms with E-state index in [0.29, 0.717) is 17.6 Å². The molecular formula is C28H34O4. The minimum absolute atomic E-state index is 0.227. The van der Waals surface area contributed by atoms with Crippen LogP contribution in [0.2, 0.25) is 0 Å². The summed E-state index contributed by atoms with van der Waals surface area (Å²) < 4.78 is 10.5. The molecule has 0 atom stereocenters. The van der Waals surface area contributed by atoms with Gasteiger partial charge in [0.15, 0.2) is 11.5 Å². The Morgan fingerprint density at radius 2 is 1.84 bits per heavy atom. The summed E-state index contributed by atoms with van der Waals surface area (Å²) in [7, 11) is 1.46. The van der Waals surface area contributed by atoms with Gasteiger partial charge in [0.05, 0.1) is 7.11 Å². The van der Waals surface area contributed by atoms with Crippen molar-refractivity contribution in [3.63, 3.8) is 0 Å². The first kappa shape index (κ1) is 25.1. The lowest BCUT2D eigenvalue weighted by atomic mass is 9.72. The predicted octanol–water partition coefficient (Wildman–Crippen LogP) is 6.94. The highest BCUT2D eigenvalue weighted by atomic mass is 16.6. The van der Waals surface area contributed by atoms with Gasteiger partial charge in [-0.05, 0) is 74.8 Å². The Morgan fingerprint density at radius 3 is 2.50 bits per heavy atom. The summed E-state index contributed by atoms with van der Waals surface area (Å²) >= 11 is 0. The van der Waals surface area contributed by atoms with E-state index in [1.807, 2.05) is 25.2 Å². The van der Waals surface area contributed by atoms with Gasteiger partial charge in [-0.3, -0.25) is 4.79 Å². The Labute approximate surface area is 192 Å². The molecule has 1 aliphatic rings. The average molecular weight is 435 g/mol. The molecule has 0 fully saturated rings. The van der Waals surface area contributed by atoms with Crippen LogP contribution in [0.5, 0.6) is 11.5 Å². The lowest BCUT2D eigenvalue weighted by Gasteiger charge is -2.32. The number of methoxy groups -OCH3 is 1. The molecule has 0 spiro atoms. The van der Waals surface area contributed by atoms with Gasteiger partial charge in [0.25, 0.3) is 0 Å². The zero-order valence-electron chi connectivity index (χ0n) is 20.0. The smallest absolute Gasteiger partial charge is 0.336 e. The van der Waals surface area contributed by atoms with Gasteiger partial charge in [-0.25, -0.2) is 4.79 Å². The van der Waals surface area contributed by atoms with E-state index < -0.39 is 5.97 Å². The highest BCUT2D eigenvalue weighted by Gasteiger charge is 2.26. The molecule has 4 heteroatoms. The number of hydrogen-bond donors (Lipinski definition) is 0. The summed E-state index contributed by atoms with van der Waals surface area (Å²) in [6.45, 7) is 10.8. The summed E-state index contributed by atoms with van der Waals surface area (Å²) in [5, 5.41) is 0. The number of benzene rings is 1. The van der Waals surface area contributed by atoms with Crippen LogP contribution >= 0.6 is 0 Å². The third kappa shape index (κ3) is 7.23. The Bertz CT molecular complexity index is 1000. The van der Waals surface area contributed by atoms with Crippen LogP contribution in [-0.2, 0) is 4.79 Å². The van der Waals surface area contributed by atoms with Crippen molar-refractivity contribution in [1.29, 1.82) is 0 Å². The molecule has 0 bridgehead atoms. The molecule has 0 aliphatic heterocycles. The Balaban J connectivity index is 2.01. The highest BCUT2D eigenvalue weighted by molar-refractivity contribution is 5.86. The van der Waals surface area contributed by atoms with Crippen LogP contribution in [0.1, 0.15) is 64.2 Å². The maximum Gasteiger partial charge on any atom is 0.336 e. The first-order valence-corrected chi connectivity index (χ1v) is 10.9. The van der Waals surface area contributed by atoms with E-state index in [2.05, 4.69) is 39.8 Å². The first-order chi connectivity index (χ1) is 15.2. The fourth-order valence-electron chi connectivity index (χ4n) is 3.85. The number of allylic oxidation sites excluding steroid dienone is 9. The number of carbonyl (C=O) groups excluding carboxylic acids is 2. The molecule has 0 saturated carbocycles. The Hall–Kier alpha value is -3.14. The van der Waals surface area contributed by atoms with E-state index in [9.17, 15) is 9.59 Å². The molecule has 170 valence electrons. The van der Waals surface area contributed by atoms with Crippen LogP contribution in [0, 0.1) is 5.41 Å². The molecule has 0 saturated heterocycles. The standard InChI is InChI=1S/C28H34O4/c1-20(12-14-24-22(3)11-8-16-28(24,4)5)9-7-10-21(2)17-27(30)32-25-15-13-23(19-29)18-26(25)31-6/h7,9-10,12-15,17-19H,8,11,16H2,1-6H3/b10-7+,14-12+,20-9+,21-17-. The fraction of sp³-hybridized carbons (Fsp3) is 0.357. The number of hydrogen-bond acceptors (Lipinski definition) is 4. The SMILES string of the molecule is COc1cc(C=O)ccc1OC(=O)\C=C(C)/C=C/C=C(C)/C=C/C1=C(C)CCCC1(C)C. The van der Waals surface area contributed by atoms with Gasteiger partial charge in [-0.2, -0.15) is 0 Å². The number of rotatable bonds is 8. The van der Waals surface area contributed by atoms with Crippen LogP contribution in [-0.4, -0.2) is 19.4 Å². The maximum atomic E-state index is 12.2. The van der Waals surface area contributed by atoms with E-state index >= 15 is 0 Å². The van der Waals surface area contributed by atoms with Crippen LogP contribution in [0.4, 0.5) is 0 Å². The number of aldehydes is 1. The van der Waals surface area contributed by atoms with Gasteiger partial charge >= 0.3 is 5.97 Å². The zero-order chi connectivity index (χ0) is 23.7. The van der Waals surface area contributed by atoms with Gasteiger partial charge in [0.2, 0.25) is 0 Å². The molecule has 1 aromatic rings. The van der Waals surface area contributed by atoms with Gasteiger partial charge < -0.3 is 9.47 Å². The molecule has 0 N–H and O–H groups in total. The zero-order valence-corrected chi connectivity index (χ0v) is 20.0. The molecular weight excluding hydrogens is 400 g/mol. The third-order valence-electron chi connectivity index (χ3n) is 5.65. The third-order valence-corrected chi connectivity index (χ3v) is 5.65. The van der Waals surface area contributed by atoms with Gasteiger partial charge in [0, 0.05) is 11.6 Å². The van der Waals surface area contributed by atoms with Gasteiger partial charge in [0.1, 0.15) is 6.29 Å². The van der Waals surface area contributed by atoms with Gasteiger partial charge in [-0.1, -0.05) is 55.4 Å². The second kappa shape index (κ2) is 11.5. The van der Waals surface area contributed by atoms with Crippen molar-refractivity contribution in [2.45, 2.75) is 53.9 Å². The highest BCUT2D eigenvalue weighted by Crippen LogP contribution is 2.40. The van der Waals surface area contributed by atoms with Crippen LogP contribution in [0.15, 0.2) is 76.9 Å². The van der Waals surface area contributed by atoms with Gasteiger partial charge in [-0.15, -0.1) is 0 Å². The molecule has 0 radical (unpaired) electrons. The molecule has 0 heterocycles. The quantitative estimate of drug-likeness (QED) is 0.146. The predicted molar refractivity (Wildman–Crippen MR) is 130 cm³/mol. The lowest BCUT2D eigenvalue weighted by molar-refractivity contribution is -0.129. The fourth-order valence-corrected chi connectivity index (χ4v) is 3.85. The van der Waals surface area contributed by atoms with Crippen LogP contribution in [0.3, 0.4) is 0 Å². The van der Waals surface area contributed by atoms with Crippen molar-refractivity contribution in [2.75, 3.05) is 7.11 Å². The largest absolute Gasteiger partial charge is 0.493 e. The molecule has 2 rings (SSSR count). The molecule has 0 unspecified atom stereocenters. The molecule has 4 nitrogen and oxygen atoms in total. The normalized spacial score (nSPS) is 17.2. The Kier molecular flexibility index (Phi) is 9.01. The molecule has 0 aromatic heterocycles. The van der Waals surface area contributed by atoms with Crippen molar-refractivity contribution in [3.05, 3.63) is 82.5 Å². The van der Waals surface area contributed by atoms with E-state index in [4.69, 9.17) is 9.47 Å². The number of ether oxygens (including phenoxy) is 2. The van der Waals surface area contributed by atoms with Crippen molar-refractivity contribution < 1.29 is 19.1 Å². The van der Waals surface area contributed by atoms with Crippen LogP contribution < -0.4 is 9.47 Å². The Morgan fingerprint density at radius 1 is 1.09 bits per heavy atom. The number of esters is 1. The van der Waals surface area contributed by atoms with E-state index in [1.165, 1.54) is 49.7 Å². The molecule has 0 amide bonds. The van der Waals surface area contributed by atoms with Crippen molar-refractivity contribution in [2.24, 2.45) is 5.41 Å². The van der Waals surface area contributed by atoms with E-state index in [1.54, 1.807) is 12.1 Å². The average Bonchev–Trinajstić information content (AvgIpc) is 2.73. The van der Waals surface area contributed by atoms with Crippen LogP contribution in [0.25, 0.3) is 0 Å². The van der Waals surface area contributed by atoms with Crippen molar-refractivity contribution in [1.82, 2.24) is 0 Å². The number of carbonyl (C=O) groups is 2. The monoisotopic (exact) mass is 434 g/mol. The summed E-state index contributed by atoms with van der Waals surface area (Å²) in [4.78, 5) is 23.1. The van der Waals surface area contributed by atoms with E-state index in [-0.39, 0.29) is 11.2 Å². The minimum atomic E-state index is -0.508. The first-order valence-electron chi connectivity index (χ1n) is 10.9.